The number of hydrogen-bond donors (Lipinski definition) is 3. The predicted molar refractivity (Wildman–Crippen MR) is 135 cm³/mol. The fourth-order valence-electron chi connectivity index (χ4n) is 3.94. The Bertz CT molecular complexity index is 1260. The molecule has 1 fully saturated rings. The van der Waals surface area contributed by atoms with Crippen LogP contribution in [0.25, 0.3) is 0 Å². The van der Waals surface area contributed by atoms with E-state index in [4.69, 9.17) is 9.47 Å². The number of nitrogens with zero attached hydrogens (tertiary/aromatic N) is 2. The zero-order valence-corrected chi connectivity index (χ0v) is 20.9. The maximum absolute atomic E-state index is 14.2. The molecule has 1 heterocycles. The molecule has 37 heavy (non-hydrogen) atoms. The Morgan fingerprint density at radius 1 is 0.784 bits per heavy atom. The van der Waals surface area contributed by atoms with Gasteiger partial charge < -0.3 is 25.0 Å². The van der Waals surface area contributed by atoms with Gasteiger partial charge >= 0.3 is 0 Å². The molecule has 3 aromatic rings. The zero-order chi connectivity index (χ0) is 26.4. The quantitative estimate of drug-likeness (QED) is 0.403. The number of rotatable bonds is 8. The van der Waals surface area contributed by atoms with Crippen LogP contribution in [0.3, 0.4) is 0 Å². The highest BCUT2D eigenvalue weighted by atomic mass is 32.2. The molecule has 4 rings (SSSR count). The lowest BCUT2D eigenvalue weighted by Crippen LogP contribution is -2.55. The van der Waals surface area contributed by atoms with Crippen LogP contribution in [0.2, 0.25) is 0 Å². The van der Waals surface area contributed by atoms with Crippen LogP contribution < -0.4 is 14.8 Å². The molecule has 3 N–H and O–H groups in total. The number of hydrogen-bond acceptors (Lipinski definition) is 7. The van der Waals surface area contributed by atoms with E-state index in [0.29, 0.717) is 5.56 Å². The van der Waals surface area contributed by atoms with Gasteiger partial charge in [0, 0.05) is 13.6 Å². The molecule has 3 aromatic carbocycles. The molecule has 196 valence electrons. The molecular weight excluding hydrogens is 498 g/mol. The molecule has 10 nitrogen and oxygen atoms in total. The predicted octanol–water partition coefficient (Wildman–Crippen LogP) is 1.33. The van der Waals surface area contributed by atoms with Crippen molar-refractivity contribution in [3.05, 3.63) is 96.6 Å². The lowest BCUT2D eigenvalue weighted by Gasteiger charge is -2.33. The highest BCUT2D eigenvalue weighted by Gasteiger charge is 2.53. The number of amides is 1. The smallest absolute Gasteiger partial charge is 0.289 e. The highest BCUT2D eigenvalue weighted by molar-refractivity contribution is 7.86. The van der Waals surface area contributed by atoms with Crippen LogP contribution >= 0.6 is 0 Å². The van der Waals surface area contributed by atoms with Crippen LogP contribution in [0, 0.1) is 0 Å². The Labute approximate surface area is 215 Å². The van der Waals surface area contributed by atoms with E-state index in [1.165, 1.54) is 7.05 Å². The van der Waals surface area contributed by atoms with Crippen LogP contribution in [0.5, 0.6) is 11.5 Å². The Hall–Kier alpha value is -3.48. The molecule has 0 aliphatic carbocycles. The summed E-state index contributed by atoms with van der Waals surface area (Å²) < 4.78 is 41.9. The number of likely N-dealkylation sites (N-methyl/N-ethyl adjacent to an activating group) is 1. The first-order chi connectivity index (χ1) is 17.8. The molecule has 0 spiro atoms. The number of carbonyl (C=O) groups is 1. The van der Waals surface area contributed by atoms with Gasteiger partial charge in [-0.1, -0.05) is 66.7 Å². The van der Waals surface area contributed by atoms with E-state index < -0.39 is 47.3 Å². The van der Waals surface area contributed by atoms with Gasteiger partial charge in [0.05, 0.1) is 6.54 Å². The van der Waals surface area contributed by atoms with Gasteiger partial charge in [0.15, 0.2) is 12.5 Å². The molecular formula is C26H29N3O7S. The largest absolute Gasteiger partial charge is 0.471 e. The van der Waals surface area contributed by atoms with Crippen LogP contribution in [-0.2, 0) is 21.5 Å². The van der Waals surface area contributed by atoms with E-state index in [9.17, 15) is 23.4 Å². The van der Waals surface area contributed by atoms with E-state index in [1.54, 1.807) is 91.0 Å². The first-order valence-corrected chi connectivity index (χ1v) is 13.0. The molecule has 4 unspecified atom stereocenters. The molecule has 11 heteroatoms. The van der Waals surface area contributed by atoms with Crippen molar-refractivity contribution in [1.29, 1.82) is 0 Å². The van der Waals surface area contributed by atoms with Crippen LogP contribution in [0.1, 0.15) is 5.56 Å². The normalized spacial score (nSPS) is 24.1. The number of aliphatic hydroxyl groups is 2. The van der Waals surface area contributed by atoms with Gasteiger partial charge in [0.1, 0.15) is 23.7 Å². The maximum Gasteiger partial charge on any atom is 0.289 e. The van der Waals surface area contributed by atoms with E-state index in [0.717, 1.165) is 8.61 Å². The molecule has 0 saturated carbocycles. The zero-order valence-electron chi connectivity index (χ0n) is 20.1. The number of ether oxygens (including phenoxy) is 2. The maximum atomic E-state index is 14.2. The molecule has 4 atom stereocenters. The first kappa shape index (κ1) is 26.6. The summed E-state index contributed by atoms with van der Waals surface area (Å²) in [5.41, 5.74) is 0.608. The Balaban J connectivity index is 1.83. The Kier molecular flexibility index (Phi) is 8.41. The number of nitrogens with one attached hydrogen (secondary N) is 1. The van der Waals surface area contributed by atoms with Gasteiger partial charge in [-0.05, 0) is 29.8 Å². The third-order valence-corrected chi connectivity index (χ3v) is 7.71. The molecule has 1 aliphatic heterocycles. The summed E-state index contributed by atoms with van der Waals surface area (Å²) in [5.74, 6) is -0.103. The first-order valence-electron chi connectivity index (χ1n) is 11.6. The van der Waals surface area contributed by atoms with Crippen molar-refractivity contribution in [1.82, 2.24) is 13.9 Å². The van der Waals surface area contributed by atoms with Gasteiger partial charge in [-0.15, -0.1) is 8.61 Å². The lowest BCUT2D eigenvalue weighted by atomic mass is 10.1. The van der Waals surface area contributed by atoms with Crippen LogP contribution in [-0.4, -0.2) is 71.4 Å². The Morgan fingerprint density at radius 3 is 1.68 bits per heavy atom. The lowest BCUT2D eigenvalue weighted by molar-refractivity contribution is -0.133. The van der Waals surface area contributed by atoms with E-state index in [2.05, 4.69) is 5.32 Å². The van der Waals surface area contributed by atoms with Crippen molar-refractivity contribution in [3.63, 3.8) is 0 Å². The van der Waals surface area contributed by atoms with E-state index in [-0.39, 0.29) is 18.0 Å². The summed E-state index contributed by atoms with van der Waals surface area (Å²) in [6.07, 6.45) is -6.71. The number of aliphatic hydroxyl groups excluding tert-OH is 2. The average Bonchev–Trinajstić information content (AvgIpc) is 2.97. The third-order valence-electron chi connectivity index (χ3n) is 5.85. The topological polar surface area (TPSA) is 129 Å². The van der Waals surface area contributed by atoms with Crippen LogP contribution in [0.15, 0.2) is 91.0 Å². The minimum Gasteiger partial charge on any atom is -0.471 e. The SMILES string of the molecule is CNC(=O)CN1C(Oc2ccccc2)C(O)C(O)C(Oc2ccccc2)N(Cc2ccccc2)S1(=O)=O. The van der Waals surface area contributed by atoms with Crippen molar-refractivity contribution in [2.24, 2.45) is 0 Å². The van der Waals surface area contributed by atoms with Crippen molar-refractivity contribution in [2.75, 3.05) is 13.6 Å². The van der Waals surface area contributed by atoms with Crippen molar-refractivity contribution < 1.29 is 32.9 Å². The Morgan fingerprint density at radius 2 is 1.22 bits per heavy atom. The van der Waals surface area contributed by atoms with Gasteiger partial charge in [-0.3, -0.25) is 4.79 Å². The van der Waals surface area contributed by atoms with E-state index >= 15 is 0 Å². The monoisotopic (exact) mass is 527 g/mol. The number of carbonyl (C=O) groups excluding carboxylic acids is 1. The molecule has 1 saturated heterocycles. The second-order valence-corrected chi connectivity index (χ2v) is 10.2. The summed E-state index contributed by atoms with van der Waals surface area (Å²) in [6.45, 7) is -0.865. The van der Waals surface area contributed by atoms with Crippen molar-refractivity contribution in [2.45, 2.75) is 31.2 Å². The summed E-state index contributed by atoms with van der Waals surface area (Å²) in [7, 11) is -3.20. The van der Waals surface area contributed by atoms with Crippen molar-refractivity contribution >= 4 is 16.1 Å². The minimum atomic E-state index is -4.57. The van der Waals surface area contributed by atoms with Crippen molar-refractivity contribution in [3.8, 4) is 11.5 Å². The summed E-state index contributed by atoms with van der Waals surface area (Å²) >= 11 is 0. The number of benzene rings is 3. The summed E-state index contributed by atoms with van der Waals surface area (Å²) in [6, 6.07) is 25.4. The molecule has 0 radical (unpaired) electrons. The average molecular weight is 528 g/mol. The molecule has 1 aliphatic rings. The number of para-hydroxylation sites is 2. The second kappa shape index (κ2) is 11.7. The summed E-state index contributed by atoms with van der Waals surface area (Å²) in [4.78, 5) is 12.4. The second-order valence-electron chi connectivity index (χ2n) is 8.38. The fourth-order valence-corrected chi connectivity index (χ4v) is 5.66. The van der Waals surface area contributed by atoms with E-state index in [1.807, 2.05) is 0 Å². The van der Waals surface area contributed by atoms with Gasteiger partial charge in [0.25, 0.3) is 10.2 Å². The minimum absolute atomic E-state index is 0.202. The third kappa shape index (κ3) is 6.09. The van der Waals surface area contributed by atoms with Gasteiger partial charge in [-0.2, -0.15) is 8.42 Å². The standard InChI is InChI=1S/C26H29N3O7S/c1-27-22(30)18-29-26(36-21-15-9-4-10-16-21)24(32)23(31)25(35-20-13-7-3-8-14-20)28(37(29,33)34)17-19-11-5-2-6-12-19/h2-16,23-26,31-32H,17-18H2,1H3,(H,27,30). The summed E-state index contributed by atoms with van der Waals surface area (Å²) in [5, 5.41) is 25.0. The van der Waals surface area contributed by atoms with Crippen LogP contribution in [0.4, 0.5) is 0 Å². The molecule has 0 bridgehead atoms. The molecule has 0 aromatic heterocycles. The van der Waals surface area contributed by atoms with Gasteiger partial charge in [0.2, 0.25) is 5.91 Å². The molecule has 1 amide bonds. The highest BCUT2D eigenvalue weighted by Crippen LogP contribution is 2.31. The van der Waals surface area contributed by atoms with Gasteiger partial charge in [-0.25, -0.2) is 0 Å². The fraction of sp³-hybridized carbons (Fsp3) is 0.269.